The van der Waals surface area contributed by atoms with E-state index in [1.54, 1.807) is 12.0 Å². The normalized spacial score (nSPS) is 23.4. The second-order valence-electron chi connectivity index (χ2n) is 12.4. The van der Waals surface area contributed by atoms with Crippen LogP contribution < -0.4 is 0 Å². The predicted molar refractivity (Wildman–Crippen MR) is 164 cm³/mol. The largest absolute Gasteiger partial charge is 0.396 e. The summed E-state index contributed by atoms with van der Waals surface area (Å²) < 4.78 is 17.6. The van der Waals surface area contributed by atoms with Gasteiger partial charge in [-0.3, -0.25) is 14.4 Å². The van der Waals surface area contributed by atoms with Crippen LogP contribution in [0.2, 0.25) is 0 Å². The van der Waals surface area contributed by atoms with E-state index >= 15 is 0 Å². The molecule has 0 spiro atoms. The number of amides is 1. The standard InChI is InChI=1S/C34H55NO7/c1-9-23(4)31(35(6)34(39)24(5)22(2)3)30(40-7)20-26(37)18-19-29-27(21-36)32(41-8)33(42-29)28(38)17-13-16-25-14-11-10-12-15-25/h10-12,14-15,22-24,27,29-33,36H,9,13,16-21H2,1-8H3/t23-,24-,27+,29?,30+,31?,32-,33?/m0/s1. The molecule has 2 rings (SSSR count). The lowest BCUT2D eigenvalue weighted by Gasteiger charge is -2.39. The highest BCUT2D eigenvalue weighted by Crippen LogP contribution is 2.34. The Hall–Kier alpha value is -2.13. The van der Waals surface area contributed by atoms with Gasteiger partial charge in [-0.25, -0.2) is 0 Å². The summed E-state index contributed by atoms with van der Waals surface area (Å²) in [5, 5.41) is 10.2. The van der Waals surface area contributed by atoms with E-state index in [-0.39, 0.29) is 60.7 Å². The fraction of sp³-hybridized carbons (Fsp3) is 0.735. The van der Waals surface area contributed by atoms with Gasteiger partial charge in [0.1, 0.15) is 11.9 Å². The van der Waals surface area contributed by atoms with Gasteiger partial charge in [0.25, 0.3) is 0 Å². The zero-order valence-corrected chi connectivity index (χ0v) is 27.1. The number of hydrogen-bond donors (Lipinski definition) is 1. The zero-order valence-electron chi connectivity index (χ0n) is 27.1. The quantitative estimate of drug-likeness (QED) is 0.245. The van der Waals surface area contributed by atoms with E-state index in [2.05, 4.69) is 13.8 Å². The molecule has 42 heavy (non-hydrogen) atoms. The smallest absolute Gasteiger partial charge is 0.225 e. The van der Waals surface area contributed by atoms with Crippen LogP contribution in [-0.4, -0.2) is 85.8 Å². The maximum atomic E-state index is 13.3. The summed E-state index contributed by atoms with van der Waals surface area (Å²) in [7, 11) is 4.94. The van der Waals surface area contributed by atoms with Crippen LogP contribution in [0.15, 0.2) is 30.3 Å². The van der Waals surface area contributed by atoms with Crippen molar-refractivity contribution >= 4 is 17.5 Å². The fourth-order valence-corrected chi connectivity index (χ4v) is 6.08. The molecule has 8 heteroatoms. The second kappa shape index (κ2) is 17.9. The predicted octanol–water partition coefficient (Wildman–Crippen LogP) is 4.89. The molecule has 0 aliphatic carbocycles. The number of hydrogen-bond acceptors (Lipinski definition) is 7. The number of aliphatic hydroxyl groups excluding tert-OH is 1. The Morgan fingerprint density at radius 2 is 1.71 bits per heavy atom. The van der Waals surface area contributed by atoms with Gasteiger partial charge >= 0.3 is 0 Å². The molecule has 0 bridgehead atoms. The maximum Gasteiger partial charge on any atom is 0.225 e. The molecule has 1 saturated heterocycles. The third kappa shape index (κ3) is 9.69. The van der Waals surface area contributed by atoms with Crippen molar-refractivity contribution in [3.05, 3.63) is 35.9 Å². The lowest BCUT2D eigenvalue weighted by atomic mass is 9.87. The van der Waals surface area contributed by atoms with Crippen molar-refractivity contribution in [1.29, 1.82) is 0 Å². The van der Waals surface area contributed by atoms with Crippen molar-refractivity contribution in [2.45, 2.75) is 110 Å². The van der Waals surface area contributed by atoms with Crippen LogP contribution in [0.4, 0.5) is 0 Å². The molecule has 1 aliphatic rings. The van der Waals surface area contributed by atoms with Crippen molar-refractivity contribution in [3.63, 3.8) is 0 Å². The number of likely N-dealkylation sites (N-methyl/N-ethyl adjacent to an activating group) is 1. The van der Waals surface area contributed by atoms with E-state index in [1.165, 1.54) is 12.7 Å². The first kappa shape index (κ1) is 36.1. The van der Waals surface area contributed by atoms with Gasteiger partial charge in [0.15, 0.2) is 5.78 Å². The minimum atomic E-state index is -0.757. The Bertz CT molecular complexity index is 968. The number of aryl methyl sites for hydroxylation is 1. The Morgan fingerprint density at radius 1 is 1.05 bits per heavy atom. The minimum absolute atomic E-state index is 0.000181. The molecule has 0 saturated carbocycles. The Kier molecular flexibility index (Phi) is 15.3. The molecule has 1 heterocycles. The number of Topliss-reactive ketones (excluding diaryl/α,β-unsaturated/α-hetero) is 2. The summed E-state index contributed by atoms with van der Waals surface area (Å²) in [6.45, 7) is 9.99. The van der Waals surface area contributed by atoms with Gasteiger partial charge in [0, 0.05) is 52.4 Å². The van der Waals surface area contributed by atoms with E-state index in [0.717, 1.165) is 12.8 Å². The number of carbonyl (C=O) groups excluding carboxylic acids is 3. The highest BCUT2D eigenvalue weighted by Gasteiger charge is 2.47. The SMILES string of the molecule is CC[C@H](C)C([C@@H](CC(=O)CCC1OC(C(=O)CCCc2ccccc2)[C@@H](OC)[C@@H]1CO)OC)N(C)C(=O)[C@@H](C)C(C)C. The van der Waals surface area contributed by atoms with Gasteiger partial charge in [0.05, 0.1) is 31.0 Å². The van der Waals surface area contributed by atoms with Gasteiger partial charge in [-0.1, -0.05) is 71.4 Å². The summed E-state index contributed by atoms with van der Waals surface area (Å²) in [6.07, 6.45) is 1.26. The van der Waals surface area contributed by atoms with E-state index < -0.39 is 30.3 Å². The van der Waals surface area contributed by atoms with Crippen LogP contribution in [-0.2, 0) is 35.0 Å². The van der Waals surface area contributed by atoms with Gasteiger partial charge < -0.3 is 24.2 Å². The molecule has 0 aromatic heterocycles. The molecule has 1 aromatic rings. The lowest BCUT2D eigenvalue weighted by molar-refractivity contribution is -0.143. The molecule has 0 radical (unpaired) electrons. The monoisotopic (exact) mass is 589 g/mol. The van der Waals surface area contributed by atoms with Crippen LogP contribution in [0.5, 0.6) is 0 Å². The minimum Gasteiger partial charge on any atom is -0.396 e. The van der Waals surface area contributed by atoms with Crippen molar-refractivity contribution in [2.24, 2.45) is 23.7 Å². The molecular weight excluding hydrogens is 534 g/mol. The van der Waals surface area contributed by atoms with Crippen molar-refractivity contribution in [1.82, 2.24) is 4.90 Å². The van der Waals surface area contributed by atoms with E-state index in [1.807, 2.05) is 58.2 Å². The van der Waals surface area contributed by atoms with Gasteiger partial charge in [-0.05, 0) is 36.7 Å². The molecule has 1 N–H and O–H groups in total. The lowest BCUT2D eigenvalue weighted by Crippen LogP contribution is -2.51. The van der Waals surface area contributed by atoms with Crippen molar-refractivity contribution < 1.29 is 33.7 Å². The number of rotatable bonds is 19. The summed E-state index contributed by atoms with van der Waals surface area (Å²) >= 11 is 0. The molecule has 238 valence electrons. The van der Waals surface area contributed by atoms with E-state index in [4.69, 9.17) is 14.2 Å². The first-order chi connectivity index (χ1) is 20.0. The number of ether oxygens (including phenoxy) is 3. The van der Waals surface area contributed by atoms with Crippen LogP contribution in [0, 0.1) is 23.7 Å². The third-order valence-corrected chi connectivity index (χ3v) is 9.28. The van der Waals surface area contributed by atoms with Gasteiger partial charge in [0.2, 0.25) is 5.91 Å². The average molecular weight is 590 g/mol. The summed E-state index contributed by atoms with van der Waals surface area (Å²) in [4.78, 5) is 41.4. The number of nitrogens with zero attached hydrogens (tertiary/aromatic N) is 1. The van der Waals surface area contributed by atoms with Crippen LogP contribution in [0.25, 0.3) is 0 Å². The number of ketones is 2. The van der Waals surface area contributed by atoms with Crippen molar-refractivity contribution in [2.75, 3.05) is 27.9 Å². The topological polar surface area (TPSA) is 102 Å². The Balaban J connectivity index is 2.02. The summed E-state index contributed by atoms with van der Waals surface area (Å²) in [5.41, 5.74) is 1.18. The second-order valence-corrected chi connectivity index (χ2v) is 12.4. The highest BCUT2D eigenvalue weighted by molar-refractivity contribution is 5.84. The number of aliphatic hydroxyl groups is 1. The third-order valence-electron chi connectivity index (χ3n) is 9.28. The van der Waals surface area contributed by atoms with Crippen LogP contribution in [0.3, 0.4) is 0 Å². The number of benzene rings is 1. The summed E-state index contributed by atoms with van der Waals surface area (Å²) in [5.74, 6) is -0.152. The zero-order chi connectivity index (χ0) is 31.4. The fourth-order valence-electron chi connectivity index (χ4n) is 6.08. The maximum absolute atomic E-state index is 13.3. The first-order valence-corrected chi connectivity index (χ1v) is 15.7. The average Bonchev–Trinajstić information content (AvgIpc) is 3.36. The summed E-state index contributed by atoms with van der Waals surface area (Å²) in [6, 6.07) is 9.80. The van der Waals surface area contributed by atoms with E-state index in [0.29, 0.717) is 19.3 Å². The number of methoxy groups -OCH3 is 2. The molecule has 8 atom stereocenters. The van der Waals surface area contributed by atoms with Crippen molar-refractivity contribution in [3.8, 4) is 0 Å². The van der Waals surface area contributed by atoms with Crippen LogP contribution in [0.1, 0.15) is 78.7 Å². The number of carbonyl (C=O) groups is 3. The molecule has 8 nitrogen and oxygen atoms in total. The Morgan fingerprint density at radius 3 is 2.26 bits per heavy atom. The van der Waals surface area contributed by atoms with Gasteiger partial charge in [-0.2, -0.15) is 0 Å². The molecule has 1 aliphatic heterocycles. The Labute approximate surface area is 253 Å². The first-order valence-electron chi connectivity index (χ1n) is 15.7. The van der Waals surface area contributed by atoms with Crippen LogP contribution >= 0.6 is 0 Å². The van der Waals surface area contributed by atoms with Gasteiger partial charge in [-0.15, -0.1) is 0 Å². The molecule has 1 amide bonds. The molecule has 3 unspecified atom stereocenters. The molecular formula is C34H55NO7. The molecule has 1 fully saturated rings. The highest BCUT2D eigenvalue weighted by atomic mass is 16.6. The van der Waals surface area contributed by atoms with E-state index in [9.17, 15) is 19.5 Å². The molecule has 1 aromatic carbocycles.